The van der Waals surface area contributed by atoms with E-state index in [-0.39, 0.29) is 0 Å². The van der Waals surface area contributed by atoms with Crippen LogP contribution < -0.4 is 0 Å². The van der Waals surface area contributed by atoms with Gasteiger partial charge in [0.05, 0.1) is 17.6 Å². The maximum atomic E-state index is 10.7. The molecule has 0 spiro atoms. The molecule has 0 amide bonds. The highest BCUT2D eigenvalue weighted by Gasteiger charge is 2.55. The van der Waals surface area contributed by atoms with Crippen molar-refractivity contribution in [2.24, 2.45) is 17.3 Å². The van der Waals surface area contributed by atoms with Crippen molar-refractivity contribution in [3.8, 4) is 6.07 Å². The fraction of sp³-hybridized carbons (Fsp3) is 0.562. The van der Waals surface area contributed by atoms with Crippen LogP contribution in [0.5, 0.6) is 0 Å². The zero-order chi connectivity index (χ0) is 12.8. The van der Waals surface area contributed by atoms with Crippen molar-refractivity contribution >= 4 is 0 Å². The van der Waals surface area contributed by atoms with E-state index in [0.717, 1.165) is 24.8 Å². The first-order valence-electron chi connectivity index (χ1n) is 6.81. The van der Waals surface area contributed by atoms with Crippen molar-refractivity contribution < 1.29 is 5.11 Å². The molecular weight excluding hydrogens is 222 g/mol. The molecule has 0 aromatic heterocycles. The molecule has 0 aliphatic heterocycles. The molecule has 2 nitrogen and oxygen atoms in total. The largest absolute Gasteiger partial charge is 0.387 e. The SMILES string of the molecule is Cc1ccc(C(O)C2(C#N)CC3CCC2C3)cc1. The van der Waals surface area contributed by atoms with Gasteiger partial charge in [-0.3, -0.25) is 0 Å². The molecule has 0 radical (unpaired) electrons. The molecular formula is C16H19NO. The van der Waals surface area contributed by atoms with Crippen molar-refractivity contribution in [3.63, 3.8) is 0 Å². The molecule has 1 N–H and O–H groups in total. The topological polar surface area (TPSA) is 44.0 Å². The summed E-state index contributed by atoms with van der Waals surface area (Å²) in [6.07, 6.45) is 3.74. The normalized spacial score (nSPS) is 35.4. The second-order valence-electron chi connectivity index (χ2n) is 6.05. The first-order chi connectivity index (χ1) is 8.65. The van der Waals surface area contributed by atoms with Crippen LogP contribution in [0.25, 0.3) is 0 Å². The van der Waals surface area contributed by atoms with Gasteiger partial charge >= 0.3 is 0 Å². The third-order valence-corrected chi connectivity index (χ3v) is 4.99. The van der Waals surface area contributed by atoms with Gasteiger partial charge in [-0.15, -0.1) is 0 Å². The molecule has 1 aromatic rings. The van der Waals surface area contributed by atoms with E-state index >= 15 is 0 Å². The monoisotopic (exact) mass is 241 g/mol. The third-order valence-electron chi connectivity index (χ3n) is 4.99. The first-order valence-corrected chi connectivity index (χ1v) is 6.81. The Hall–Kier alpha value is -1.33. The Kier molecular flexibility index (Phi) is 2.68. The molecule has 2 heteroatoms. The lowest BCUT2D eigenvalue weighted by Crippen LogP contribution is -2.33. The minimum atomic E-state index is -0.626. The van der Waals surface area contributed by atoms with Crippen LogP contribution in [-0.4, -0.2) is 5.11 Å². The van der Waals surface area contributed by atoms with E-state index < -0.39 is 11.5 Å². The Morgan fingerprint density at radius 3 is 2.56 bits per heavy atom. The quantitative estimate of drug-likeness (QED) is 0.862. The van der Waals surface area contributed by atoms with E-state index in [0.29, 0.717) is 11.8 Å². The minimum Gasteiger partial charge on any atom is -0.387 e. The highest BCUT2D eigenvalue weighted by atomic mass is 16.3. The van der Waals surface area contributed by atoms with Gasteiger partial charge in [-0.1, -0.05) is 36.2 Å². The lowest BCUT2D eigenvalue weighted by molar-refractivity contribution is 0.0233. The summed E-state index contributed by atoms with van der Waals surface area (Å²) in [5.74, 6) is 1.05. The van der Waals surface area contributed by atoms with E-state index in [4.69, 9.17) is 0 Å². The van der Waals surface area contributed by atoms with Crippen LogP contribution in [0.1, 0.15) is 42.9 Å². The van der Waals surface area contributed by atoms with Crippen LogP contribution in [-0.2, 0) is 0 Å². The summed E-state index contributed by atoms with van der Waals surface area (Å²) < 4.78 is 0. The average molecular weight is 241 g/mol. The van der Waals surface area contributed by atoms with Crippen LogP contribution in [0.15, 0.2) is 24.3 Å². The average Bonchev–Trinajstić information content (AvgIpc) is 2.99. The molecule has 94 valence electrons. The molecule has 3 rings (SSSR count). The van der Waals surface area contributed by atoms with Crippen molar-refractivity contribution in [2.75, 3.05) is 0 Å². The van der Waals surface area contributed by atoms with Gasteiger partial charge in [0.25, 0.3) is 0 Å². The van der Waals surface area contributed by atoms with Gasteiger partial charge in [0.2, 0.25) is 0 Å². The van der Waals surface area contributed by atoms with Gasteiger partial charge in [-0.05, 0) is 43.6 Å². The first kappa shape index (κ1) is 11.7. The van der Waals surface area contributed by atoms with E-state index in [2.05, 4.69) is 6.07 Å². The zero-order valence-electron chi connectivity index (χ0n) is 10.8. The second-order valence-corrected chi connectivity index (χ2v) is 6.05. The lowest BCUT2D eigenvalue weighted by atomic mass is 9.68. The van der Waals surface area contributed by atoms with E-state index in [1.807, 2.05) is 31.2 Å². The molecule has 2 bridgehead atoms. The molecule has 0 heterocycles. The number of aliphatic hydroxyl groups is 1. The van der Waals surface area contributed by atoms with Gasteiger partial charge in [-0.25, -0.2) is 0 Å². The summed E-state index contributed by atoms with van der Waals surface area (Å²) in [6, 6.07) is 10.4. The number of aliphatic hydroxyl groups excluding tert-OH is 1. The van der Waals surface area contributed by atoms with Gasteiger partial charge in [0.15, 0.2) is 0 Å². The van der Waals surface area contributed by atoms with Crippen molar-refractivity contribution in [1.29, 1.82) is 5.26 Å². The predicted molar refractivity (Wildman–Crippen MR) is 69.6 cm³/mol. The number of nitrogens with zero attached hydrogens (tertiary/aromatic N) is 1. The Morgan fingerprint density at radius 2 is 2.06 bits per heavy atom. The minimum absolute atomic E-state index is 0.392. The number of rotatable bonds is 2. The zero-order valence-corrected chi connectivity index (χ0v) is 10.8. The summed E-state index contributed by atoms with van der Waals surface area (Å²) in [6.45, 7) is 2.04. The summed E-state index contributed by atoms with van der Waals surface area (Å²) >= 11 is 0. The highest BCUT2D eigenvalue weighted by Crippen LogP contribution is 2.60. The molecule has 18 heavy (non-hydrogen) atoms. The maximum absolute atomic E-state index is 10.7. The summed E-state index contributed by atoms with van der Waals surface area (Å²) in [5.41, 5.74) is 1.55. The standard InChI is InChI=1S/C16H19NO/c1-11-2-5-13(6-3-11)15(18)16(10-17)9-12-4-7-14(16)8-12/h2-3,5-6,12,14-15,18H,4,7-9H2,1H3. The van der Waals surface area contributed by atoms with Crippen molar-refractivity contribution in [1.82, 2.24) is 0 Å². The number of nitriles is 1. The number of fused-ring (bicyclic) bond motifs is 2. The molecule has 2 fully saturated rings. The number of hydrogen-bond acceptors (Lipinski definition) is 2. The van der Waals surface area contributed by atoms with Crippen molar-refractivity contribution in [3.05, 3.63) is 35.4 Å². The highest BCUT2D eigenvalue weighted by molar-refractivity contribution is 5.28. The van der Waals surface area contributed by atoms with Crippen LogP contribution in [0.3, 0.4) is 0 Å². The number of aryl methyl sites for hydroxylation is 1. The van der Waals surface area contributed by atoms with E-state index in [1.54, 1.807) is 0 Å². The van der Waals surface area contributed by atoms with Crippen molar-refractivity contribution in [2.45, 2.75) is 38.7 Å². The predicted octanol–water partition coefficient (Wildman–Crippen LogP) is 3.36. The molecule has 2 aliphatic rings. The van der Waals surface area contributed by atoms with Gasteiger partial charge in [0.1, 0.15) is 0 Å². The molecule has 2 saturated carbocycles. The lowest BCUT2D eigenvalue weighted by Gasteiger charge is -2.35. The number of hydrogen-bond donors (Lipinski definition) is 1. The van der Waals surface area contributed by atoms with E-state index in [9.17, 15) is 10.4 Å². The van der Waals surface area contributed by atoms with Crippen LogP contribution in [0, 0.1) is 35.5 Å². The Bertz CT molecular complexity index is 487. The van der Waals surface area contributed by atoms with Gasteiger partial charge in [0, 0.05) is 0 Å². The van der Waals surface area contributed by atoms with E-state index in [1.165, 1.54) is 12.0 Å². The van der Waals surface area contributed by atoms with Crippen LogP contribution in [0.4, 0.5) is 0 Å². The third kappa shape index (κ3) is 1.58. The molecule has 1 aromatic carbocycles. The fourth-order valence-corrected chi connectivity index (χ4v) is 3.95. The molecule has 2 aliphatic carbocycles. The summed E-state index contributed by atoms with van der Waals surface area (Å²) in [4.78, 5) is 0. The molecule has 4 unspecified atom stereocenters. The van der Waals surface area contributed by atoms with Gasteiger partial charge < -0.3 is 5.11 Å². The fourth-order valence-electron chi connectivity index (χ4n) is 3.95. The Labute approximate surface area is 108 Å². The summed E-state index contributed by atoms with van der Waals surface area (Å²) in [7, 11) is 0. The molecule has 4 atom stereocenters. The maximum Gasteiger partial charge on any atom is 0.0979 e. The Balaban J connectivity index is 1.93. The smallest absolute Gasteiger partial charge is 0.0979 e. The Morgan fingerprint density at radius 1 is 1.33 bits per heavy atom. The van der Waals surface area contributed by atoms with Crippen LogP contribution in [0.2, 0.25) is 0 Å². The second kappa shape index (κ2) is 4.10. The van der Waals surface area contributed by atoms with Crippen LogP contribution >= 0.6 is 0 Å². The summed E-state index contributed by atoms with van der Waals surface area (Å²) in [5, 5.41) is 20.3. The molecule has 0 saturated heterocycles. The van der Waals surface area contributed by atoms with Gasteiger partial charge in [-0.2, -0.15) is 5.26 Å². The number of benzene rings is 1.